The lowest BCUT2D eigenvalue weighted by atomic mass is 9.96. The maximum atomic E-state index is 12.1. The van der Waals surface area contributed by atoms with Crippen molar-refractivity contribution in [1.82, 2.24) is 4.90 Å². The maximum Gasteiger partial charge on any atom is 0.187 e. The number of benzene rings is 1. The molecule has 3 heteroatoms. The highest BCUT2D eigenvalue weighted by molar-refractivity contribution is 6.03. The van der Waals surface area contributed by atoms with Crippen LogP contribution in [-0.4, -0.2) is 36.9 Å². The maximum absolute atomic E-state index is 12.1. The molecule has 80 valence electrons. The van der Waals surface area contributed by atoms with Gasteiger partial charge in [-0.2, -0.15) is 0 Å². The Bertz CT molecular complexity index is 387. The van der Waals surface area contributed by atoms with Gasteiger partial charge in [0.2, 0.25) is 0 Å². The van der Waals surface area contributed by atoms with Gasteiger partial charge >= 0.3 is 0 Å². The summed E-state index contributed by atoms with van der Waals surface area (Å²) in [7, 11) is 3.80. The smallest absolute Gasteiger partial charge is 0.187 e. The van der Waals surface area contributed by atoms with Gasteiger partial charge in [-0.05, 0) is 33.2 Å². The second kappa shape index (κ2) is 3.66. The zero-order chi connectivity index (χ0) is 11.0. The molecule has 0 aliphatic carbocycles. The molecule has 1 heterocycles. The Balaban J connectivity index is 2.43. The van der Waals surface area contributed by atoms with Crippen molar-refractivity contribution in [3.05, 3.63) is 29.8 Å². The Morgan fingerprint density at radius 2 is 1.93 bits per heavy atom. The zero-order valence-electron chi connectivity index (χ0n) is 9.23. The second-order valence-corrected chi connectivity index (χ2v) is 4.09. The molecule has 1 aromatic rings. The van der Waals surface area contributed by atoms with E-state index in [-0.39, 0.29) is 17.9 Å². The first-order valence-electron chi connectivity index (χ1n) is 5.07. The van der Waals surface area contributed by atoms with Crippen LogP contribution in [0.25, 0.3) is 0 Å². The molecule has 3 nitrogen and oxygen atoms in total. The third kappa shape index (κ3) is 1.63. The number of nitrogens with zero attached hydrogens (tertiary/aromatic N) is 1. The molecule has 2 atom stereocenters. The number of hydrogen-bond donors (Lipinski definition) is 0. The fourth-order valence-electron chi connectivity index (χ4n) is 2.06. The Morgan fingerprint density at radius 3 is 2.60 bits per heavy atom. The van der Waals surface area contributed by atoms with E-state index in [9.17, 15) is 4.79 Å². The Labute approximate surface area is 89.7 Å². The van der Waals surface area contributed by atoms with E-state index in [4.69, 9.17) is 4.74 Å². The molecule has 0 bridgehead atoms. The van der Waals surface area contributed by atoms with Gasteiger partial charge in [-0.3, -0.25) is 9.69 Å². The van der Waals surface area contributed by atoms with E-state index in [1.165, 1.54) is 0 Å². The predicted molar refractivity (Wildman–Crippen MR) is 58.3 cm³/mol. The minimum Gasteiger partial charge on any atom is -0.488 e. The highest BCUT2D eigenvalue weighted by Gasteiger charge is 2.35. The average Bonchev–Trinajstić information content (AvgIpc) is 2.17. The number of carbonyl (C=O) groups is 1. The minimum absolute atomic E-state index is 0.0950. The minimum atomic E-state index is -0.181. The summed E-state index contributed by atoms with van der Waals surface area (Å²) in [4.78, 5) is 14.1. The van der Waals surface area contributed by atoms with Crippen LogP contribution in [0.4, 0.5) is 0 Å². The van der Waals surface area contributed by atoms with Gasteiger partial charge in [0.1, 0.15) is 17.9 Å². The summed E-state index contributed by atoms with van der Waals surface area (Å²) in [6.07, 6.45) is -0.0950. The molecule has 0 fully saturated rings. The highest BCUT2D eigenvalue weighted by Crippen LogP contribution is 2.28. The first-order valence-corrected chi connectivity index (χ1v) is 5.07. The van der Waals surface area contributed by atoms with Crippen molar-refractivity contribution >= 4 is 5.78 Å². The fraction of sp³-hybridized carbons (Fsp3) is 0.417. The van der Waals surface area contributed by atoms with Gasteiger partial charge in [0.05, 0.1) is 5.56 Å². The number of fused-ring (bicyclic) bond motifs is 1. The lowest BCUT2D eigenvalue weighted by molar-refractivity contribution is 0.0590. The number of carbonyl (C=O) groups excluding carboxylic acids is 1. The fourth-order valence-corrected chi connectivity index (χ4v) is 2.06. The van der Waals surface area contributed by atoms with Crippen LogP contribution in [0.2, 0.25) is 0 Å². The summed E-state index contributed by atoms with van der Waals surface area (Å²) in [5, 5.41) is 0. The van der Waals surface area contributed by atoms with Crippen LogP contribution in [-0.2, 0) is 0 Å². The van der Waals surface area contributed by atoms with Gasteiger partial charge in [-0.15, -0.1) is 0 Å². The van der Waals surface area contributed by atoms with E-state index in [0.29, 0.717) is 11.3 Å². The van der Waals surface area contributed by atoms with E-state index in [1.54, 1.807) is 0 Å². The lowest BCUT2D eigenvalue weighted by Crippen LogP contribution is -2.49. The molecule has 0 radical (unpaired) electrons. The van der Waals surface area contributed by atoms with Gasteiger partial charge < -0.3 is 4.74 Å². The van der Waals surface area contributed by atoms with Crippen molar-refractivity contribution in [2.24, 2.45) is 0 Å². The summed E-state index contributed by atoms with van der Waals surface area (Å²) in [6, 6.07) is 7.23. The third-order valence-electron chi connectivity index (χ3n) is 2.73. The summed E-state index contributed by atoms with van der Waals surface area (Å²) in [6.45, 7) is 1.93. The first-order chi connectivity index (χ1) is 7.11. The number of hydrogen-bond acceptors (Lipinski definition) is 3. The van der Waals surface area contributed by atoms with Crippen molar-refractivity contribution in [1.29, 1.82) is 0 Å². The molecule has 15 heavy (non-hydrogen) atoms. The summed E-state index contributed by atoms with van der Waals surface area (Å²) in [5.41, 5.74) is 0.689. The third-order valence-corrected chi connectivity index (χ3v) is 2.73. The van der Waals surface area contributed by atoms with Crippen LogP contribution in [0.15, 0.2) is 24.3 Å². The van der Waals surface area contributed by atoms with Crippen LogP contribution in [0.1, 0.15) is 17.3 Å². The van der Waals surface area contributed by atoms with E-state index < -0.39 is 0 Å². The predicted octanol–water partition coefficient (Wildman–Crippen LogP) is 1.58. The standard InChI is InChI=1S/C12H15NO2/c1-8-11(13(2)3)12(14)9-6-4-5-7-10(9)15-8/h4-8,11H,1-3H3/t8-,11-/m0/s1. The van der Waals surface area contributed by atoms with Gasteiger partial charge in [-0.1, -0.05) is 12.1 Å². The molecule has 0 saturated carbocycles. The number of ether oxygens (including phenoxy) is 1. The van der Waals surface area contributed by atoms with Gasteiger partial charge in [0.15, 0.2) is 5.78 Å². The first kappa shape index (κ1) is 10.2. The number of para-hydroxylation sites is 1. The lowest BCUT2D eigenvalue weighted by Gasteiger charge is -2.34. The van der Waals surface area contributed by atoms with Gasteiger partial charge in [0.25, 0.3) is 0 Å². The molecular formula is C12H15NO2. The van der Waals surface area contributed by atoms with E-state index in [1.807, 2.05) is 50.2 Å². The Morgan fingerprint density at radius 1 is 1.27 bits per heavy atom. The number of rotatable bonds is 1. The molecule has 0 aromatic heterocycles. The van der Waals surface area contributed by atoms with Crippen molar-refractivity contribution in [3.63, 3.8) is 0 Å². The molecule has 0 saturated heterocycles. The van der Waals surface area contributed by atoms with Crippen molar-refractivity contribution in [3.8, 4) is 5.75 Å². The second-order valence-electron chi connectivity index (χ2n) is 4.09. The molecule has 0 spiro atoms. The topological polar surface area (TPSA) is 29.5 Å². The summed E-state index contributed by atoms with van der Waals surface area (Å²) < 4.78 is 5.71. The molecular weight excluding hydrogens is 190 g/mol. The molecule has 1 aromatic carbocycles. The average molecular weight is 205 g/mol. The van der Waals surface area contributed by atoms with Crippen molar-refractivity contribution < 1.29 is 9.53 Å². The zero-order valence-corrected chi connectivity index (χ0v) is 9.23. The number of Topliss-reactive ketones (excluding diaryl/α,β-unsaturated/α-hetero) is 1. The quantitative estimate of drug-likeness (QED) is 0.697. The molecule has 0 N–H and O–H groups in total. The molecule has 0 amide bonds. The molecule has 2 rings (SSSR count). The normalized spacial score (nSPS) is 24.9. The van der Waals surface area contributed by atoms with E-state index in [2.05, 4.69) is 0 Å². The summed E-state index contributed by atoms with van der Waals surface area (Å²) in [5.74, 6) is 0.849. The Kier molecular flexibility index (Phi) is 2.49. The Hall–Kier alpha value is -1.35. The largest absolute Gasteiger partial charge is 0.488 e. The van der Waals surface area contributed by atoms with E-state index >= 15 is 0 Å². The van der Waals surface area contributed by atoms with Crippen LogP contribution < -0.4 is 4.74 Å². The van der Waals surface area contributed by atoms with Crippen molar-refractivity contribution in [2.75, 3.05) is 14.1 Å². The van der Waals surface area contributed by atoms with Crippen LogP contribution in [0.3, 0.4) is 0 Å². The van der Waals surface area contributed by atoms with Gasteiger partial charge in [-0.25, -0.2) is 0 Å². The molecule has 1 aliphatic heterocycles. The molecule has 1 aliphatic rings. The van der Waals surface area contributed by atoms with Gasteiger partial charge in [0, 0.05) is 0 Å². The number of ketones is 1. The molecule has 0 unspecified atom stereocenters. The van der Waals surface area contributed by atoms with Crippen LogP contribution >= 0.6 is 0 Å². The monoisotopic (exact) mass is 205 g/mol. The van der Waals surface area contributed by atoms with Crippen LogP contribution in [0, 0.1) is 0 Å². The SMILES string of the molecule is C[C@@H]1Oc2ccccc2C(=O)[C@H]1N(C)C. The van der Waals surface area contributed by atoms with E-state index in [0.717, 1.165) is 0 Å². The van der Waals surface area contributed by atoms with Crippen molar-refractivity contribution in [2.45, 2.75) is 19.1 Å². The summed E-state index contributed by atoms with van der Waals surface area (Å²) >= 11 is 0. The van der Waals surface area contributed by atoms with Crippen LogP contribution in [0.5, 0.6) is 5.75 Å². The number of likely N-dealkylation sites (N-methyl/N-ethyl adjacent to an activating group) is 1. The highest BCUT2D eigenvalue weighted by atomic mass is 16.5.